The van der Waals surface area contributed by atoms with E-state index in [-0.39, 0.29) is 6.42 Å². The summed E-state index contributed by atoms with van der Waals surface area (Å²) in [7, 11) is -3.45. The number of carbonyl (C=O) groups is 1. The molecule has 148 valence electrons. The van der Waals surface area contributed by atoms with Crippen LogP contribution in [-0.4, -0.2) is 26.0 Å². The number of carboxylic acids is 1. The van der Waals surface area contributed by atoms with E-state index in [0.717, 1.165) is 12.8 Å². The molecule has 0 heterocycles. The van der Waals surface area contributed by atoms with E-state index in [2.05, 4.69) is 16.9 Å². The average Bonchev–Trinajstić information content (AvgIpc) is 3.25. The summed E-state index contributed by atoms with van der Waals surface area (Å²) < 4.78 is 27.9. The number of benzene rings is 1. The van der Waals surface area contributed by atoms with Crippen LogP contribution in [0.15, 0.2) is 47.4 Å². The standard InChI is InChI=1S/C21H29NO4S/c23-21(24)11-7-2-1-6-10-19-16-12-13-17(14-16)20(19)15-22-27(25,26)18-8-4-3-5-9-18/h1,3-6,8-9,16-17,19-20,22H,2,7,10-15H2,(H,23,24)/b6-1-/t16-,17+,19+,20-/m1/s1. The van der Waals surface area contributed by atoms with E-state index in [9.17, 15) is 13.2 Å². The number of hydrogen-bond acceptors (Lipinski definition) is 3. The van der Waals surface area contributed by atoms with Crippen LogP contribution < -0.4 is 4.72 Å². The number of rotatable bonds is 10. The molecule has 0 unspecified atom stereocenters. The van der Waals surface area contributed by atoms with Gasteiger partial charge in [-0.2, -0.15) is 0 Å². The third kappa shape index (κ3) is 5.20. The Hall–Kier alpha value is -1.66. The van der Waals surface area contributed by atoms with Crippen molar-refractivity contribution in [2.75, 3.05) is 6.54 Å². The second-order valence-corrected chi connectivity index (χ2v) is 9.59. The quantitative estimate of drug-likeness (QED) is 0.469. The fourth-order valence-electron chi connectivity index (χ4n) is 4.85. The van der Waals surface area contributed by atoms with Crippen molar-refractivity contribution in [2.24, 2.45) is 23.7 Å². The number of nitrogens with one attached hydrogen (secondary N) is 1. The monoisotopic (exact) mass is 391 g/mol. The Bertz CT molecular complexity index is 760. The molecule has 2 aliphatic carbocycles. The molecule has 1 aromatic carbocycles. The minimum absolute atomic E-state index is 0.211. The van der Waals surface area contributed by atoms with Crippen LogP contribution in [0.4, 0.5) is 0 Å². The van der Waals surface area contributed by atoms with E-state index in [0.29, 0.717) is 41.5 Å². The highest BCUT2D eigenvalue weighted by molar-refractivity contribution is 7.89. The van der Waals surface area contributed by atoms with Gasteiger partial charge in [-0.1, -0.05) is 30.4 Å². The third-order valence-corrected chi connectivity index (χ3v) is 7.61. The highest BCUT2D eigenvalue weighted by atomic mass is 32.2. The predicted molar refractivity (Wildman–Crippen MR) is 105 cm³/mol. The molecule has 1 aromatic rings. The maximum atomic E-state index is 12.5. The maximum absolute atomic E-state index is 12.5. The second-order valence-electron chi connectivity index (χ2n) is 7.82. The van der Waals surface area contributed by atoms with E-state index in [1.165, 1.54) is 19.3 Å². The number of carboxylic acid groups (broad SMARTS) is 1. The molecule has 0 radical (unpaired) electrons. The van der Waals surface area contributed by atoms with Gasteiger partial charge in [-0.3, -0.25) is 4.79 Å². The topological polar surface area (TPSA) is 83.5 Å². The predicted octanol–water partition coefficient (Wildman–Crippen LogP) is 3.83. The summed E-state index contributed by atoms with van der Waals surface area (Å²) in [6.07, 6.45) is 10.6. The Balaban J connectivity index is 1.54. The van der Waals surface area contributed by atoms with Gasteiger partial charge in [0.1, 0.15) is 0 Å². The molecule has 0 aliphatic heterocycles. The first-order valence-corrected chi connectivity index (χ1v) is 11.4. The van der Waals surface area contributed by atoms with Gasteiger partial charge in [0.15, 0.2) is 0 Å². The summed E-state index contributed by atoms with van der Waals surface area (Å²) >= 11 is 0. The first kappa shape index (κ1) is 20.1. The zero-order valence-corrected chi connectivity index (χ0v) is 16.4. The van der Waals surface area contributed by atoms with Crippen LogP contribution in [0.1, 0.15) is 44.9 Å². The molecule has 2 N–H and O–H groups in total. The maximum Gasteiger partial charge on any atom is 0.303 e. The van der Waals surface area contributed by atoms with Gasteiger partial charge in [-0.25, -0.2) is 13.1 Å². The molecule has 0 aromatic heterocycles. The van der Waals surface area contributed by atoms with Crippen molar-refractivity contribution in [3.8, 4) is 0 Å². The van der Waals surface area contributed by atoms with E-state index >= 15 is 0 Å². The first-order chi connectivity index (χ1) is 13.0. The molecule has 0 saturated heterocycles. The van der Waals surface area contributed by atoms with Crippen molar-refractivity contribution in [3.05, 3.63) is 42.5 Å². The Morgan fingerprint density at radius 2 is 1.81 bits per heavy atom. The summed E-state index contributed by atoms with van der Waals surface area (Å²) in [6.45, 7) is 0.510. The van der Waals surface area contributed by atoms with Crippen molar-refractivity contribution in [2.45, 2.75) is 49.8 Å². The third-order valence-electron chi connectivity index (χ3n) is 6.17. The smallest absolute Gasteiger partial charge is 0.303 e. The number of aliphatic carboxylic acids is 1. The first-order valence-electron chi connectivity index (χ1n) is 9.89. The minimum atomic E-state index is -3.45. The molecule has 2 saturated carbocycles. The van der Waals surface area contributed by atoms with Crippen molar-refractivity contribution in [3.63, 3.8) is 0 Å². The van der Waals surface area contributed by atoms with Gasteiger partial charge in [0.05, 0.1) is 4.90 Å². The number of unbranched alkanes of at least 4 members (excludes halogenated alkanes) is 1. The highest BCUT2D eigenvalue weighted by Crippen LogP contribution is 2.53. The molecular weight excluding hydrogens is 362 g/mol. The molecule has 0 amide bonds. The molecule has 4 atom stereocenters. The lowest BCUT2D eigenvalue weighted by molar-refractivity contribution is -0.137. The Kier molecular flexibility index (Phi) is 6.71. The SMILES string of the molecule is O=C(O)CCC/C=C\C[C@H]1[C@@H]2CC[C@@H](C2)[C@H]1CNS(=O)(=O)c1ccccc1. The summed E-state index contributed by atoms with van der Waals surface area (Å²) in [4.78, 5) is 10.9. The van der Waals surface area contributed by atoms with Gasteiger partial charge < -0.3 is 5.11 Å². The Labute approximate surface area is 161 Å². The van der Waals surface area contributed by atoms with Gasteiger partial charge in [0.25, 0.3) is 0 Å². The zero-order valence-electron chi connectivity index (χ0n) is 15.6. The van der Waals surface area contributed by atoms with Crippen molar-refractivity contribution in [1.82, 2.24) is 4.72 Å². The molecule has 5 nitrogen and oxygen atoms in total. The highest BCUT2D eigenvalue weighted by Gasteiger charge is 2.46. The summed E-state index contributed by atoms with van der Waals surface area (Å²) in [5.74, 6) is 1.50. The van der Waals surface area contributed by atoms with E-state index in [1.807, 2.05) is 6.07 Å². The summed E-state index contributed by atoms with van der Waals surface area (Å²) in [6, 6.07) is 8.54. The molecule has 6 heteroatoms. The summed E-state index contributed by atoms with van der Waals surface area (Å²) in [5.41, 5.74) is 0. The van der Waals surface area contributed by atoms with Crippen LogP contribution in [0.3, 0.4) is 0 Å². The van der Waals surface area contributed by atoms with Gasteiger partial charge in [-0.05, 0) is 74.3 Å². The fraction of sp³-hybridized carbons (Fsp3) is 0.571. The van der Waals surface area contributed by atoms with Crippen LogP contribution >= 0.6 is 0 Å². The van der Waals surface area contributed by atoms with Gasteiger partial charge in [-0.15, -0.1) is 0 Å². The molecule has 2 fully saturated rings. The van der Waals surface area contributed by atoms with Gasteiger partial charge >= 0.3 is 5.97 Å². The van der Waals surface area contributed by atoms with Crippen molar-refractivity contribution in [1.29, 1.82) is 0 Å². The van der Waals surface area contributed by atoms with Crippen molar-refractivity contribution >= 4 is 16.0 Å². The normalized spacial score (nSPS) is 27.4. The second kappa shape index (κ2) is 9.02. The van der Waals surface area contributed by atoms with Crippen LogP contribution in [0.25, 0.3) is 0 Å². The Morgan fingerprint density at radius 1 is 1.11 bits per heavy atom. The largest absolute Gasteiger partial charge is 0.481 e. The number of sulfonamides is 1. The molecule has 27 heavy (non-hydrogen) atoms. The number of hydrogen-bond donors (Lipinski definition) is 2. The molecule has 0 spiro atoms. The fourth-order valence-corrected chi connectivity index (χ4v) is 5.94. The van der Waals surface area contributed by atoms with Crippen LogP contribution in [0.5, 0.6) is 0 Å². The molecule has 3 rings (SSSR count). The van der Waals surface area contributed by atoms with E-state index in [1.54, 1.807) is 24.3 Å². The summed E-state index contributed by atoms with van der Waals surface area (Å²) in [5, 5.41) is 8.68. The van der Waals surface area contributed by atoms with E-state index in [4.69, 9.17) is 5.11 Å². The molecule has 2 bridgehead atoms. The Morgan fingerprint density at radius 3 is 2.52 bits per heavy atom. The lowest BCUT2D eigenvalue weighted by atomic mass is 9.77. The number of fused-ring (bicyclic) bond motifs is 2. The number of allylic oxidation sites excluding steroid dienone is 2. The minimum Gasteiger partial charge on any atom is -0.481 e. The molecular formula is C21H29NO4S. The molecule has 2 aliphatic rings. The van der Waals surface area contributed by atoms with Crippen molar-refractivity contribution < 1.29 is 18.3 Å². The van der Waals surface area contributed by atoms with Gasteiger partial charge in [0.2, 0.25) is 10.0 Å². The van der Waals surface area contributed by atoms with Crippen LogP contribution in [0.2, 0.25) is 0 Å². The lowest BCUT2D eigenvalue weighted by Crippen LogP contribution is -2.35. The van der Waals surface area contributed by atoms with Gasteiger partial charge in [0, 0.05) is 13.0 Å². The van der Waals surface area contributed by atoms with Crippen LogP contribution in [0, 0.1) is 23.7 Å². The zero-order chi connectivity index (χ0) is 19.3. The lowest BCUT2D eigenvalue weighted by Gasteiger charge is -2.30. The van der Waals surface area contributed by atoms with E-state index < -0.39 is 16.0 Å². The average molecular weight is 392 g/mol. The van der Waals surface area contributed by atoms with Crippen LogP contribution in [-0.2, 0) is 14.8 Å².